The van der Waals surface area contributed by atoms with E-state index in [9.17, 15) is 13.2 Å². The molecule has 2 heterocycles. The summed E-state index contributed by atoms with van der Waals surface area (Å²) in [7, 11) is -3.56. The number of anilines is 1. The molecule has 0 aliphatic carbocycles. The Kier molecular flexibility index (Phi) is 5.78. The fraction of sp³-hybridized carbons (Fsp3) is 0.318. The minimum atomic E-state index is -3.56. The number of carbonyl (C=O) groups excluding carboxylic acids is 1. The molecule has 7 nitrogen and oxygen atoms in total. The zero-order valence-electron chi connectivity index (χ0n) is 16.8. The maximum atomic E-state index is 12.9. The molecule has 2 aromatic rings. The number of piperidine rings is 1. The van der Waals surface area contributed by atoms with E-state index >= 15 is 0 Å². The van der Waals surface area contributed by atoms with E-state index in [-0.39, 0.29) is 17.6 Å². The second kappa shape index (κ2) is 8.49. The summed E-state index contributed by atoms with van der Waals surface area (Å²) < 4.78 is 38.0. The molecule has 2 aliphatic rings. The van der Waals surface area contributed by atoms with Crippen LogP contribution in [-0.2, 0) is 14.8 Å². The summed E-state index contributed by atoms with van der Waals surface area (Å²) >= 11 is 0. The van der Waals surface area contributed by atoms with Gasteiger partial charge in [0.15, 0.2) is 11.5 Å². The second-order valence-corrected chi connectivity index (χ2v) is 9.31. The molecule has 2 aromatic carbocycles. The molecule has 1 saturated heterocycles. The lowest BCUT2D eigenvalue weighted by Gasteiger charge is -2.26. The Morgan fingerprint density at radius 1 is 1.03 bits per heavy atom. The first-order valence-electron chi connectivity index (χ1n) is 9.93. The zero-order chi connectivity index (χ0) is 21.1. The summed E-state index contributed by atoms with van der Waals surface area (Å²) in [5, 5.41) is 2.78. The minimum Gasteiger partial charge on any atom is -0.454 e. The monoisotopic (exact) mass is 428 g/mol. The van der Waals surface area contributed by atoms with Gasteiger partial charge in [0.05, 0.1) is 4.90 Å². The Hall–Kier alpha value is -2.84. The van der Waals surface area contributed by atoms with Crippen molar-refractivity contribution in [2.24, 2.45) is 0 Å². The number of rotatable bonds is 5. The van der Waals surface area contributed by atoms with Crippen LogP contribution in [0.1, 0.15) is 30.4 Å². The minimum absolute atomic E-state index is 0.193. The fourth-order valence-electron chi connectivity index (χ4n) is 3.51. The van der Waals surface area contributed by atoms with Crippen molar-refractivity contribution in [3.63, 3.8) is 0 Å². The van der Waals surface area contributed by atoms with Gasteiger partial charge in [-0.3, -0.25) is 4.79 Å². The average molecular weight is 429 g/mol. The summed E-state index contributed by atoms with van der Waals surface area (Å²) in [5.41, 5.74) is 2.07. The van der Waals surface area contributed by atoms with Crippen molar-refractivity contribution >= 4 is 27.7 Å². The molecule has 0 unspecified atom stereocenters. The summed E-state index contributed by atoms with van der Waals surface area (Å²) in [5.74, 6) is 0.978. The lowest BCUT2D eigenvalue weighted by molar-refractivity contribution is -0.111. The van der Waals surface area contributed by atoms with Gasteiger partial charge in [-0.05, 0) is 61.2 Å². The van der Waals surface area contributed by atoms with Crippen molar-refractivity contribution in [2.45, 2.75) is 31.1 Å². The Morgan fingerprint density at radius 2 is 1.80 bits per heavy atom. The van der Waals surface area contributed by atoms with Gasteiger partial charge in [-0.25, -0.2) is 8.42 Å². The number of carbonyl (C=O) groups is 1. The molecule has 2 aliphatic heterocycles. The van der Waals surface area contributed by atoms with Crippen LogP contribution in [0, 0.1) is 6.92 Å². The molecule has 1 N–H and O–H groups in total. The van der Waals surface area contributed by atoms with Crippen molar-refractivity contribution in [2.75, 3.05) is 25.2 Å². The normalized spacial score (nSPS) is 16.7. The highest BCUT2D eigenvalue weighted by Gasteiger charge is 2.26. The van der Waals surface area contributed by atoms with Gasteiger partial charge in [0, 0.05) is 24.9 Å². The predicted octanol–water partition coefficient (Wildman–Crippen LogP) is 3.55. The zero-order valence-corrected chi connectivity index (χ0v) is 17.6. The third-order valence-electron chi connectivity index (χ3n) is 5.24. The number of aryl methyl sites for hydroxylation is 1. The maximum absolute atomic E-state index is 12.9. The van der Waals surface area contributed by atoms with Crippen LogP contribution in [0.2, 0.25) is 0 Å². The third kappa shape index (κ3) is 4.34. The molecule has 1 fully saturated rings. The predicted molar refractivity (Wildman–Crippen MR) is 114 cm³/mol. The Balaban J connectivity index is 1.48. The van der Waals surface area contributed by atoms with E-state index in [1.54, 1.807) is 30.3 Å². The molecule has 30 heavy (non-hydrogen) atoms. The number of nitrogens with one attached hydrogen (secondary N) is 1. The van der Waals surface area contributed by atoms with E-state index in [4.69, 9.17) is 9.47 Å². The molecule has 0 atom stereocenters. The van der Waals surface area contributed by atoms with E-state index in [1.807, 2.05) is 13.0 Å². The lowest BCUT2D eigenvalue weighted by atomic mass is 10.2. The highest BCUT2D eigenvalue weighted by molar-refractivity contribution is 7.89. The second-order valence-electron chi connectivity index (χ2n) is 7.38. The highest BCUT2D eigenvalue weighted by Crippen LogP contribution is 2.32. The van der Waals surface area contributed by atoms with Gasteiger partial charge in [-0.1, -0.05) is 18.6 Å². The van der Waals surface area contributed by atoms with E-state index in [2.05, 4.69) is 5.32 Å². The molecule has 0 radical (unpaired) electrons. The number of fused-ring (bicyclic) bond motifs is 1. The van der Waals surface area contributed by atoms with Gasteiger partial charge in [-0.2, -0.15) is 4.31 Å². The van der Waals surface area contributed by atoms with Crippen LogP contribution < -0.4 is 14.8 Å². The Labute approximate surface area is 176 Å². The van der Waals surface area contributed by atoms with Gasteiger partial charge in [0.2, 0.25) is 22.7 Å². The number of sulfonamides is 1. The van der Waals surface area contributed by atoms with Crippen LogP contribution in [0.3, 0.4) is 0 Å². The number of benzene rings is 2. The summed E-state index contributed by atoms with van der Waals surface area (Å²) in [4.78, 5) is 12.6. The van der Waals surface area contributed by atoms with Gasteiger partial charge in [0.25, 0.3) is 0 Å². The summed E-state index contributed by atoms with van der Waals surface area (Å²) in [6, 6.07) is 10.3. The smallest absolute Gasteiger partial charge is 0.248 e. The first-order chi connectivity index (χ1) is 14.4. The van der Waals surface area contributed by atoms with Crippen molar-refractivity contribution in [3.05, 3.63) is 53.6 Å². The molecule has 158 valence electrons. The van der Waals surface area contributed by atoms with Gasteiger partial charge >= 0.3 is 0 Å². The van der Waals surface area contributed by atoms with Crippen LogP contribution in [0.5, 0.6) is 11.5 Å². The number of amides is 1. The van der Waals surface area contributed by atoms with Crippen molar-refractivity contribution in [3.8, 4) is 11.5 Å². The topological polar surface area (TPSA) is 84.9 Å². The number of hydrogen-bond acceptors (Lipinski definition) is 5. The van der Waals surface area contributed by atoms with E-state index in [0.717, 1.165) is 30.4 Å². The number of hydrogen-bond donors (Lipinski definition) is 1. The van der Waals surface area contributed by atoms with E-state index < -0.39 is 10.0 Å². The Morgan fingerprint density at radius 3 is 2.60 bits per heavy atom. The van der Waals surface area contributed by atoms with E-state index in [0.29, 0.717) is 30.3 Å². The fourth-order valence-corrected chi connectivity index (χ4v) is 5.06. The van der Waals surface area contributed by atoms with Crippen LogP contribution in [0.15, 0.2) is 47.4 Å². The standard InChI is InChI=1S/C22H24N2O5S/c1-16-5-8-18(30(26,27)24-11-3-2-4-12-24)14-19(16)23-22(25)10-7-17-6-9-20-21(13-17)29-15-28-20/h5-10,13-14H,2-4,11-12,15H2,1H3,(H,23,25). The quantitative estimate of drug-likeness (QED) is 0.736. The van der Waals surface area contributed by atoms with Crippen LogP contribution in [-0.4, -0.2) is 38.5 Å². The molecule has 0 spiro atoms. The third-order valence-corrected chi connectivity index (χ3v) is 7.14. The average Bonchev–Trinajstić information content (AvgIpc) is 3.22. The van der Waals surface area contributed by atoms with Crippen molar-refractivity contribution in [1.82, 2.24) is 4.31 Å². The number of nitrogens with zero attached hydrogens (tertiary/aromatic N) is 1. The van der Waals surface area contributed by atoms with E-state index in [1.165, 1.54) is 16.4 Å². The lowest BCUT2D eigenvalue weighted by Crippen LogP contribution is -2.35. The van der Waals surface area contributed by atoms with Gasteiger partial charge in [-0.15, -0.1) is 0 Å². The molecule has 0 bridgehead atoms. The molecule has 1 amide bonds. The molecule has 0 saturated carbocycles. The molecule has 0 aromatic heterocycles. The molecule has 8 heteroatoms. The highest BCUT2D eigenvalue weighted by atomic mass is 32.2. The largest absolute Gasteiger partial charge is 0.454 e. The van der Waals surface area contributed by atoms with Crippen molar-refractivity contribution < 1.29 is 22.7 Å². The van der Waals surface area contributed by atoms with Crippen LogP contribution in [0.25, 0.3) is 6.08 Å². The first kappa shape index (κ1) is 20.4. The molecule has 4 rings (SSSR count). The Bertz CT molecular complexity index is 1090. The first-order valence-corrected chi connectivity index (χ1v) is 11.4. The van der Waals surface area contributed by atoms with Gasteiger partial charge in [0.1, 0.15) is 0 Å². The maximum Gasteiger partial charge on any atom is 0.248 e. The van der Waals surface area contributed by atoms with Crippen LogP contribution >= 0.6 is 0 Å². The van der Waals surface area contributed by atoms with Crippen molar-refractivity contribution in [1.29, 1.82) is 0 Å². The van der Waals surface area contributed by atoms with Crippen LogP contribution in [0.4, 0.5) is 5.69 Å². The van der Waals surface area contributed by atoms with Gasteiger partial charge < -0.3 is 14.8 Å². The number of ether oxygens (including phenoxy) is 2. The molecular weight excluding hydrogens is 404 g/mol. The molecular formula is C22H24N2O5S. The SMILES string of the molecule is Cc1ccc(S(=O)(=O)N2CCCCC2)cc1NC(=O)C=Cc1ccc2c(c1)OCO2. The summed E-state index contributed by atoms with van der Waals surface area (Å²) in [6.45, 7) is 3.10. The summed E-state index contributed by atoms with van der Waals surface area (Å²) in [6.07, 6.45) is 5.87.